The first kappa shape index (κ1) is 19.4. The zero-order valence-electron chi connectivity index (χ0n) is 17.9. The van der Waals surface area contributed by atoms with Gasteiger partial charge in [-0.2, -0.15) is 0 Å². The van der Waals surface area contributed by atoms with E-state index in [1.54, 1.807) is 6.07 Å². The summed E-state index contributed by atoms with van der Waals surface area (Å²) in [4.78, 5) is 2.65. The number of benzene rings is 1. The van der Waals surface area contributed by atoms with Crippen LogP contribution < -0.4 is 0 Å². The molecule has 1 aromatic carbocycles. The van der Waals surface area contributed by atoms with Gasteiger partial charge in [-0.25, -0.2) is 4.39 Å². The van der Waals surface area contributed by atoms with Crippen LogP contribution in [-0.2, 0) is 0 Å². The summed E-state index contributed by atoms with van der Waals surface area (Å²) in [5.41, 5.74) is 2.98. The summed E-state index contributed by atoms with van der Waals surface area (Å²) >= 11 is 0. The van der Waals surface area contributed by atoms with E-state index in [2.05, 4.69) is 38.7 Å². The molecule has 1 saturated heterocycles. The summed E-state index contributed by atoms with van der Waals surface area (Å²) in [5, 5.41) is 0. The van der Waals surface area contributed by atoms with Crippen molar-refractivity contribution in [1.29, 1.82) is 0 Å². The molecule has 2 saturated carbocycles. The van der Waals surface area contributed by atoms with E-state index in [-0.39, 0.29) is 5.82 Å². The van der Waals surface area contributed by atoms with Crippen LogP contribution in [0.15, 0.2) is 18.2 Å². The molecule has 2 aliphatic carbocycles. The zero-order chi connectivity index (χ0) is 19.2. The second kappa shape index (κ2) is 7.17. The van der Waals surface area contributed by atoms with Gasteiger partial charge in [0.25, 0.3) is 0 Å². The highest BCUT2D eigenvalue weighted by Gasteiger charge is 2.41. The number of likely N-dealkylation sites (tertiary alicyclic amines) is 1. The molecule has 0 N–H and O–H groups in total. The van der Waals surface area contributed by atoms with Gasteiger partial charge in [0.05, 0.1) is 0 Å². The van der Waals surface area contributed by atoms with Gasteiger partial charge in [-0.05, 0) is 104 Å². The third-order valence-corrected chi connectivity index (χ3v) is 7.29. The minimum Gasteiger partial charge on any atom is -0.303 e. The quantitative estimate of drug-likeness (QED) is 0.567. The number of hydrogen-bond donors (Lipinski definition) is 0. The second-order valence-corrected chi connectivity index (χ2v) is 11.4. The van der Waals surface area contributed by atoms with Crippen molar-refractivity contribution in [2.24, 2.45) is 16.7 Å². The Morgan fingerprint density at radius 3 is 2.15 bits per heavy atom. The molecule has 0 bridgehead atoms. The van der Waals surface area contributed by atoms with Crippen LogP contribution in [0.3, 0.4) is 0 Å². The van der Waals surface area contributed by atoms with Gasteiger partial charge in [-0.1, -0.05) is 39.8 Å². The fourth-order valence-electron chi connectivity index (χ4n) is 6.48. The Morgan fingerprint density at radius 1 is 0.926 bits per heavy atom. The molecule has 1 aliphatic heterocycles. The highest BCUT2D eigenvalue weighted by atomic mass is 19.1. The monoisotopic (exact) mass is 371 g/mol. The van der Waals surface area contributed by atoms with Crippen molar-refractivity contribution >= 4 is 0 Å². The molecule has 0 atom stereocenters. The first-order valence-electron chi connectivity index (χ1n) is 11.2. The molecule has 27 heavy (non-hydrogen) atoms. The average molecular weight is 372 g/mol. The summed E-state index contributed by atoms with van der Waals surface area (Å²) in [5.74, 6) is 1.92. The maximum atomic E-state index is 15.1. The molecule has 4 rings (SSSR count). The third-order valence-electron chi connectivity index (χ3n) is 7.29. The molecule has 3 fully saturated rings. The maximum Gasteiger partial charge on any atom is 0.126 e. The Morgan fingerprint density at radius 2 is 1.56 bits per heavy atom. The van der Waals surface area contributed by atoms with Crippen LogP contribution >= 0.6 is 0 Å². The van der Waals surface area contributed by atoms with E-state index in [0.29, 0.717) is 22.7 Å². The lowest BCUT2D eigenvalue weighted by Crippen LogP contribution is -2.36. The Kier molecular flexibility index (Phi) is 5.16. The maximum absolute atomic E-state index is 15.1. The molecule has 150 valence electrons. The van der Waals surface area contributed by atoms with E-state index in [9.17, 15) is 0 Å². The lowest BCUT2D eigenvalue weighted by molar-refractivity contribution is 0.0950. The number of rotatable bonds is 4. The van der Waals surface area contributed by atoms with Gasteiger partial charge in [-0.15, -0.1) is 0 Å². The fourth-order valence-corrected chi connectivity index (χ4v) is 6.48. The van der Waals surface area contributed by atoms with E-state index in [0.717, 1.165) is 24.3 Å². The first-order valence-corrected chi connectivity index (χ1v) is 11.2. The van der Waals surface area contributed by atoms with Gasteiger partial charge >= 0.3 is 0 Å². The van der Waals surface area contributed by atoms with Crippen LogP contribution in [-0.4, -0.2) is 24.5 Å². The van der Waals surface area contributed by atoms with Gasteiger partial charge < -0.3 is 4.90 Å². The van der Waals surface area contributed by atoms with E-state index in [1.165, 1.54) is 57.3 Å². The number of nitrogens with zero attached hydrogens (tertiary/aromatic N) is 1. The first-order chi connectivity index (χ1) is 12.7. The summed E-state index contributed by atoms with van der Waals surface area (Å²) in [6, 6.07) is 5.90. The Labute approximate surface area is 165 Å². The summed E-state index contributed by atoms with van der Waals surface area (Å²) in [6.07, 6.45) is 8.73. The average Bonchev–Trinajstić information content (AvgIpc) is 3.36. The van der Waals surface area contributed by atoms with Crippen molar-refractivity contribution < 1.29 is 4.39 Å². The van der Waals surface area contributed by atoms with E-state index in [4.69, 9.17) is 0 Å². The normalized spacial score (nSPS) is 27.0. The minimum absolute atomic E-state index is 0.0476. The van der Waals surface area contributed by atoms with Crippen molar-refractivity contribution in [2.45, 2.75) is 84.5 Å². The van der Waals surface area contributed by atoms with Gasteiger partial charge in [0, 0.05) is 6.54 Å². The van der Waals surface area contributed by atoms with E-state index >= 15 is 4.39 Å². The Balaban J connectivity index is 1.55. The summed E-state index contributed by atoms with van der Waals surface area (Å²) < 4.78 is 15.1. The van der Waals surface area contributed by atoms with E-state index in [1.807, 2.05) is 6.07 Å². The lowest BCUT2D eigenvalue weighted by atomic mass is 9.59. The van der Waals surface area contributed by atoms with E-state index < -0.39 is 0 Å². The van der Waals surface area contributed by atoms with Crippen LogP contribution in [0.25, 0.3) is 0 Å². The van der Waals surface area contributed by atoms with Crippen molar-refractivity contribution in [3.8, 4) is 0 Å². The third kappa shape index (κ3) is 4.58. The van der Waals surface area contributed by atoms with Gasteiger partial charge in [0.1, 0.15) is 5.82 Å². The Bertz CT molecular complexity index is 649. The molecular weight excluding hydrogens is 333 g/mol. The smallest absolute Gasteiger partial charge is 0.126 e. The SMILES string of the molecule is CC1(C)CC(c2c(F)cccc2C2CCN(CC3CC3)CC2)CC(C)(C)C1. The molecule has 1 heterocycles. The molecule has 0 unspecified atom stereocenters. The highest BCUT2D eigenvalue weighted by molar-refractivity contribution is 5.36. The van der Waals surface area contributed by atoms with Gasteiger partial charge in [0.2, 0.25) is 0 Å². The van der Waals surface area contributed by atoms with Crippen LogP contribution in [0.1, 0.15) is 95.6 Å². The second-order valence-electron chi connectivity index (χ2n) is 11.4. The molecule has 2 heteroatoms. The predicted octanol–water partition coefficient (Wildman–Crippen LogP) is 6.74. The number of halogens is 1. The topological polar surface area (TPSA) is 3.24 Å². The molecule has 1 aromatic rings. The predicted molar refractivity (Wildman–Crippen MR) is 112 cm³/mol. The van der Waals surface area contributed by atoms with Gasteiger partial charge in [0.15, 0.2) is 0 Å². The standard InChI is InChI=1S/C25H38FN/c1-24(2)14-20(15-25(3,4)17-24)23-21(6-5-7-22(23)26)19-10-12-27(13-11-19)16-18-8-9-18/h5-7,18-20H,8-17H2,1-4H3. The van der Waals surface area contributed by atoms with Crippen molar-refractivity contribution in [3.05, 3.63) is 35.1 Å². The molecule has 1 nitrogen and oxygen atoms in total. The largest absolute Gasteiger partial charge is 0.303 e. The zero-order valence-corrected chi connectivity index (χ0v) is 17.9. The Hall–Kier alpha value is -0.890. The molecule has 0 amide bonds. The molecule has 0 aromatic heterocycles. The summed E-state index contributed by atoms with van der Waals surface area (Å²) in [7, 11) is 0. The highest BCUT2D eigenvalue weighted by Crippen LogP contribution is 2.53. The van der Waals surface area contributed by atoms with Crippen molar-refractivity contribution in [3.63, 3.8) is 0 Å². The van der Waals surface area contributed by atoms with Crippen LogP contribution in [0, 0.1) is 22.6 Å². The fraction of sp³-hybridized carbons (Fsp3) is 0.760. The van der Waals surface area contributed by atoms with Gasteiger partial charge in [-0.3, -0.25) is 0 Å². The minimum atomic E-state index is 0.0476. The molecule has 0 spiro atoms. The number of hydrogen-bond acceptors (Lipinski definition) is 1. The summed E-state index contributed by atoms with van der Waals surface area (Å²) in [6.45, 7) is 13.2. The molecule has 3 aliphatic rings. The lowest BCUT2D eigenvalue weighted by Gasteiger charge is -2.46. The van der Waals surface area contributed by atoms with Crippen molar-refractivity contribution in [2.75, 3.05) is 19.6 Å². The van der Waals surface area contributed by atoms with Crippen LogP contribution in [0.4, 0.5) is 4.39 Å². The van der Waals surface area contributed by atoms with Crippen LogP contribution in [0.2, 0.25) is 0 Å². The molecular formula is C25H38FN. The van der Waals surface area contributed by atoms with Crippen LogP contribution in [0.5, 0.6) is 0 Å². The number of piperidine rings is 1. The molecule has 0 radical (unpaired) electrons. The van der Waals surface area contributed by atoms with Crippen molar-refractivity contribution in [1.82, 2.24) is 4.90 Å².